The average molecular weight is 275 g/mol. The van der Waals surface area contributed by atoms with Gasteiger partial charge in [-0.15, -0.1) is 0 Å². The minimum Gasteiger partial charge on any atom is -0.486 e. The molecule has 3 heteroatoms. The molecule has 110 valence electrons. The highest BCUT2D eigenvalue weighted by Gasteiger charge is 2.38. The molecule has 20 heavy (non-hydrogen) atoms. The molecule has 0 saturated heterocycles. The summed E-state index contributed by atoms with van der Waals surface area (Å²) in [5, 5.41) is 3.63. The molecule has 1 saturated carbocycles. The van der Waals surface area contributed by atoms with Crippen LogP contribution >= 0.6 is 0 Å². The highest BCUT2D eigenvalue weighted by Crippen LogP contribution is 2.45. The fourth-order valence-electron chi connectivity index (χ4n) is 3.14. The third-order valence-electron chi connectivity index (χ3n) is 4.48. The molecule has 0 aromatic heterocycles. The molecule has 2 aliphatic rings. The zero-order valence-electron chi connectivity index (χ0n) is 12.6. The lowest BCUT2D eigenvalue weighted by Crippen LogP contribution is -2.44. The number of ether oxygens (including phenoxy) is 2. The van der Waals surface area contributed by atoms with Crippen LogP contribution in [0.4, 0.5) is 0 Å². The summed E-state index contributed by atoms with van der Waals surface area (Å²) in [6.07, 6.45) is 3.88. The van der Waals surface area contributed by atoms with Crippen molar-refractivity contribution in [2.45, 2.75) is 38.5 Å². The minimum atomic E-state index is 0.310. The number of rotatable bonds is 5. The van der Waals surface area contributed by atoms with Crippen LogP contribution in [0.5, 0.6) is 11.5 Å². The number of hydrogen-bond acceptors (Lipinski definition) is 3. The van der Waals surface area contributed by atoms with E-state index in [0.29, 0.717) is 24.5 Å². The molecule has 1 N–H and O–H groups in total. The van der Waals surface area contributed by atoms with Gasteiger partial charge in [-0.2, -0.15) is 0 Å². The standard InChI is InChI=1S/C17H25NO2/c1-13(2)11-18-12-17(6-3-7-17)14-4-5-15-16(10-14)20-9-8-19-15/h4-5,10,13,18H,3,6-9,11-12H2,1-2H3. The van der Waals surface area contributed by atoms with E-state index < -0.39 is 0 Å². The van der Waals surface area contributed by atoms with E-state index in [9.17, 15) is 0 Å². The van der Waals surface area contributed by atoms with E-state index in [4.69, 9.17) is 9.47 Å². The van der Waals surface area contributed by atoms with Gasteiger partial charge >= 0.3 is 0 Å². The predicted molar refractivity (Wildman–Crippen MR) is 80.7 cm³/mol. The molecule has 0 unspecified atom stereocenters. The smallest absolute Gasteiger partial charge is 0.161 e. The molecule has 1 aromatic rings. The Hall–Kier alpha value is -1.22. The summed E-state index contributed by atoms with van der Waals surface area (Å²) in [7, 11) is 0. The fraction of sp³-hybridized carbons (Fsp3) is 0.647. The Bertz CT molecular complexity index is 466. The summed E-state index contributed by atoms with van der Waals surface area (Å²) >= 11 is 0. The molecule has 0 radical (unpaired) electrons. The van der Waals surface area contributed by atoms with Gasteiger partial charge in [0, 0.05) is 12.0 Å². The summed E-state index contributed by atoms with van der Waals surface area (Å²) in [4.78, 5) is 0. The largest absolute Gasteiger partial charge is 0.486 e. The van der Waals surface area contributed by atoms with E-state index >= 15 is 0 Å². The van der Waals surface area contributed by atoms with Crippen LogP contribution in [0.2, 0.25) is 0 Å². The Balaban J connectivity index is 1.75. The van der Waals surface area contributed by atoms with Crippen molar-refractivity contribution in [3.63, 3.8) is 0 Å². The van der Waals surface area contributed by atoms with Gasteiger partial charge in [0.2, 0.25) is 0 Å². The molecule has 0 atom stereocenters. The molecular weight excluding hydrogens is 250 g/mol. The Labute approximate surface area is 121 Å². The second-order valence-corrected chi connectivity index (χ2v) is 6.52. The second-order valence-electron chi connectivity index (χ2n) is 6.52. The Morgan fingerprint density at radius 3 is 2.55 bits per heavy atom. The molecular formula is C17H25NO2. The van der Waals surface area contributed by atoms with Gasteiger partial charge in [0.1, 0.15) is 13.2 Å². The maximum absolute atomic E-state index is 5.73. The van der Waals surface area contributed by atoms with Gasteiger partial charge < -0.3 is 14.8 Å². The van der Waals surface area contributed by atoms with E-state index in [2.05, 4.69) is 37.4 Å². The SMILES string of the molecule is CC(C)CNCC1(c2ccc3c(c2)OCCO3)CCC1. The monoisotopic (exact) mass is 275 g/mol. The van der Waals surface area contributed by atoms with E-state index in [0.717, 1.165) is 24.6 Å². The first-order chi connectivity index (χ1) is 9.70. The lowest BCUT2D eigenvalue weighted by atomic mass is 9.64. The van der Waals surface area contributed by atoms with Crippen molar-refractivity contribution < 1.29 is 9.47 Å². The predicted octanol–water partition coefficient (Wildman–Crippen LogP) is 3.13. The van der Waals surface area contributed by atoms with E-state index in [1.54, 1.807) is 0 Å². The number of fused-ring (bicyclic) bond motifs is 1. The number of benzene rings is 1. The molecule has 1 fully saturated rings. The van der Waals surface area contributed by atoms with Crippen molar-refractivity contribution in [2.24, 2.45) is 5.92 Å². The van der Waals surface area contributed by atoms with Crippen LogP contribution in [0.15, 0.2) is 18.2 Å². The van der Waals surface area contributed by atoms with Gasteiger partial charge in [-0.3, -0.25) is 0 Å². The normalized spacial score (nSPS) is 19.8. The molecule has 3 nitrogen and oxygen atoms in total. The van der Waals surface area contributed by atoms with Crippen LogP contribution < -0.4 is 14.8 Å². The van der Waals surface area contributed by atoms with Crippen LogP contribution in [0.25, 0.3) is 0 Å². The minimum absolute atomic E-state index is 0.310. The molecule has 0 amide bonds. The second kappa shape index (κ2) is 5.65. The van der Waals surface area contributed by atoms with Gasteiger partial charge in [-0.25, -0.2) is 0 Å². The van der Waals surface area contributed by atoms with E-state index in [-0.39, 0.29) is 0 Å². The van der Waals surface area contributed by atoms with Gasteiger partial charge in [0.15, 0.2) is 11.5 Å². The first kappa shape index (κ1) is 13.7. The molecule has 1 aromatic carbocycles. The van der Waals surface area contributed by atoms with Crippen LogP contribution in [0.1, 0.15) is 38.7 Å². The molecule has 1 aliphatic heterocycles. The molecule has 0 spiro atoms. The number of nitrogens with one attached hydrogen (secondary N) is 1. The lowest BCUT2D eigenvalue weighted by molar-refractivity contribution is 0.169. The van der Waals surface area contributed by atoms with Crippen LogP contribution in [-0.4, -0.2) is 26.3 Å². The summed E-state index contributed by atoms with van der Waals surface area (Å²) in [6, 6.07) is 6.50. The Kier molecular flexibility index (Phi) is 3.88. The summed E-state index contributed by atoms with van der Waals surface area (Å²) in [5.74, 6) is 2.51. The van der Waals surface area contributed by atoms with Gasteiger partial charge in [0.25, 0.3) is 0 Å². The van der Waals surface area contributed by atoms with Crippen LogP contribution in [-0.2, 0) is 5.41 Å². The summed E-state index contributed by atoms with van der Waals surface area (Å²) in [5.41, 5.74) is 1.72. The van der Waals surface area contributed by atoms with E-state index in [1.807, 2.05) is 0 Å². The Morgan fingerprint density at radius 2 is 1.90 bits per heavy atom. The van der Waals surface area contributed by atoms with Gasteiger partial charge in [0.05, 0.1) is 0 Å². The van der Waals surface area contributed by atoms with Crippen LogP contribution in [0.3, 0.4) is 0 Å². The maximum atomic E-state index is 5.73. The van der Waals surface area contributed by atoms with Crippen LogP contribution in [0, 0.1) is 5.92 Å². The topological polar surface area (TPSA) is 30.5 Å². The van der Waals surface area contributed by atoms with Crippen molar-refractivity contribution >= 4 is 0 Å². The number of hydrogen-bond donors (Lipinski definition) is 1. The zero-order valence-corrected chi connectivity index (χ0v) is 12.6. The molecule has 1 heterocycles. The summed E-state index contributed by atoms with van der Waals surface area (Å²) < 4.78 is 11.3. The molecule has 0 bridgehead atoms. The lowest BCUT2D eigenvalue weighted by Gasteiger charge is -2.43. The van der Waals surface area contributed by atoms with Crippen molar-refractivity contribution in [2.75, 3.05) is 26.3 Å². The molecule has 3 rings (SSSR count). The Morgan fingerprint density at radius 1 is 1.15 bits per heavy atom. The van der Waals surface area contributed by atoms with Crippen molar-refractivity contribution in [1.82, 2.24) is 5.32 Å². The fourth-order valence-corrected chi connectivity index (χ4v) is 3.14. The average Bonchev–Trinajstić information content (AvgIpc) is 2.41. The van der Waals surface area contributed by atoms with E-state index in [1.165, 1.54) is 24.8 Å². The quantitative estimate of drug-likeness (QED) is 0.895. The highest BCUT2D eigenvalue weighted by molar-refractivity contribution is 5.46. The molecule has 1 aliphatic carbocycles. The summed E-state index contributed by atoms with van der Waals surface area (Å²) in [6.45, 7) is 7.99. The van der Waals surface area contributed by atoms with Gasteiger partial charge in [-0.1, -0.05) is 26.3 Å². The van der Waals surface area contributed by atoms with Crippen molar-refractivity contribution in [1.29, 1.82) is 0 Å². The van der Waals surface area contributed by atoms with Crippen molar-refractivity contribution in [3.8, 4) is 11.5 Å². The first-order valence-corrected chi connectivity index (χ1v) is 7.80. The third-order valence-corrected chi connectivity index (χ3v) is 4.48. The highest BCUT2D eigenvalue weighted by atomic mass is 16.6. The third kappa shape index (κ3) is 2.64. The zero-order chi connectivity index (χ0) is 14.0. The maximum Gasteiger partial charge on any atom is 0.161 e. The van der Waals surface area contributed by atoms with Gasteiger partial charge in [-0.05, 0) is 43.0 Å². The first-order valence-electron chi connectivity index (χ1n) is 7.80. The van der Waals surface area contributed by atoms with Crippen molar-refractivity contribution in [3.05, 3.63) is 23.8 Å².